The molecule has 0 radical (unpaired) electrons. The number of alkyl halides is 1. The van der Waals surface area contributed by atoms with E-state index in [0.29, 0.717) is 6.42 Å². The first-order valence-corrected chi connectivity index (χ1v) is 7.47. The Morgan fingerprint density at radius 2 is 1.82 bits per heavy atom. The van der Waals surface area contributed by atoms with Gasteiger partial charge in [0.15, 0.2) is 0 Å². The van der Waals surface area contributed by atoms with Gasteiger partial charge in [0.05, 0.1) is 0 Å². The zero-order chi connectivity index (χ0) is 12.3. The van der Waals surface area contributed by atoms with Crippen LogP contribution in [0.25, 0.3) is 0 Å². The molecule has 0 aromatic heterocycles. The minimum atomic E-state index is 0.217. The molecule has 1 aliphatic carbocycles. The van der Waals surface area contributed by atoms with Gasteiger partial charge in [-0.25, -0.2) is 0 Å². The van der Waals surface area contributed by atoms with Gasteiger partial charge in [-0.1, -0.05) is 15.9 Å². The van der Waals surface area contributed by atoms with Crippen molar-refractivity contribution in [3.8, 4) is 0 Å². The van der Waals surface area contributed by atoms with E-state index in [-0.39, 0.29) is 23.8 Å². The minimum absolute atomic E-state index is 0.217. The lowest BCUT2D eigenvalue weighted by Gasteiger charge is -2.32. The lowest BCUT2D eigenvalue weighted by Crippen LogP contribution is -2.46. The summed E-state index contributed by atoms with van der Waals surface area (Å²) in [5.74, 6) is 0.715. The molecule has 0 bridgehead atoms. The van der Waals surface area contributed by atoms with E-state index in [1.54, 1.807) is 0 Å². The second-order valence-electron chi connectivity index (χ2n) is 4.88. The molecule has 5 heteroatoms. The number of rotatable bonds is 4. The van der Waals surface area contributed by atoms with Gasteiger partial charge < -0.3 is 10.2 Å². The van der Waals surface area contributed by atoms with E-state index in [4.69, 9.17) is 0 Å². The predicted molar refractivity (Wildman–Crippen MR) is 68.9 cm³/mol. The third kappa shape index (κ3) is 3.69. The van der Waals surface area contributed by atoms with Crippen LogP contribution in [0.1, 0.15) is 32.1 Å². The van der Waals surface area contributed by atoms with E-state index < -0.39 is 0 Å². The second kappa shape index (κ2) is 5.85. The predicted octanol–water partition coefficient (Wildman–Crippen LogP) is 1.29. The summed E-state index contributed by atoms with van der Waals surface area (Å²) in [6.07, 6.45) is 4.46. The van der Waals surface area contributed by atoms with Crippen LogP contribution in [0.15, 0.2) is 0 Å². The molecule has 1 saturated carbocycles. The van der Waals surface area contributed by atoms with Gasteiger partial charge in [-0.05, 0) is 25.7 Å². The van der Waals surface area contributed by atoms with Gasteiger partial charge in [-0.2, -0.15) is 0 Å². The fourth-order valence-corrected chi connectivity index (χ4v) is 2.52. The highest BCUT2D eigenvalue weighted by Gasteiger charge is 2.32. The molecule has 2 rings (SSSR count). The van der Waals surface area contributed by atoms with E-state index in [2.05, 4.69) is 21.2 Å². The SMILES string of the molecule is O=C(NC1CCN(C(=O)CCBr)CC1)C1CC1. The second-order valence-corrected chi connectivity index (χ2v) is 5.67. The van der Waals surface area contributed by atoms with Crippen molar-refractivity contribution in [3.05, 3.63) is 0 Å². The Bertz CT molecular complexity index is 297. The van der Waals surface area contributed by atoms with Gasteiger partial charge in [-0.15, -0.1) is 0 Å². The van der Waals surface area contributed by atoms with Crippen molar-refractivity contribution in [3.63, 3.8) is 0 Å². The Hall–Kier alpha value is -0.580. The lowest BCUT2D eigenvalue weighted by molar-refractivity contribution is -0.132. The van der Waals surface area contributed by atoms with Crippen LogP contribution < -0.4 is 5.32 Å². The van der Waals surface area contributed by atoms with Crippen molar-refractivity contribution >= 4 is 27.7 Å². The normalized spacial score (nSPS) is 21.4. The number of nitrogens with one attached hydrogen (secondary N) is 1. The number of carbonyl (C=O) groups is 2. The Morgan fingerprint density at radius 1 is 1.18 bits per heavy atom. The highest BCUT2D eigenvalue weighted by molar-refractivity contribution is 9.09. The lowest BCUT2D eigenvalue weighted by atomic mass is 10.0. The molecule has 17 heavy (non-hydrogen) atoms. The van der Waals surface area contributed by atoms with Crippen molar-refractivity contribution in [2.45, 2.75) is 38.1 Å². The summed E-state index contributed by atoms with van der Waals surface area (Å²) in [6, 6.07) is 0.274. The Kier molecular flexibility index (Phi) is 4.42. The molecule has 2 amide bonds. The van der Waals surface area contributed by atoms with Crippen LogP contribution in [0.2, 0.25) is 0 Å². The molecule has 0 unspecified atom stereocenters. The van der Waals surface area contributed by atoms with Gasteiger partial charge in [0.2, 0.25) is 11.8 Å². The highest BCUT2D eigenvalue weighted by atomic mass is 79.9. The molecule has 1 saturated heterocycles. The largest absolute Gasteiger partial charge is 0.353 e. The number of likely N-dealkylation sites (tertiary alicyclic amines) is 1. The number of amides is 2. The van der Waals surface area contributed by atoms with Crippen LogP contribution >= 0.6 is 15.9 Å². The fraction of sp³-hybridized carbons (Fsp3) is 0.833. The fourth-order valence-electron chi connectivity index (χ4n) is 2.18. The van der Waals surface area contributed by atoms with Gasteiger partial charge in [0.1, 0.15) is 0 Å². The average Bonchev–Trinajstić information content (AvgIpc) is 3.14. The molecule has 1 heterocycles. The maximum Gasteiger partial charge on any atom is 0.223 e. The van der Waals surface area contributed by atoms with E-state index in [1.807, 2.05) is 4.90 Å². The van der Waals surface area contributed by atoms with Crippen molar-refractivity contribution in [2.24, 2.45) is 5.92 Å². The zero-order valence-corrected chi connectivity index (χ0v) is 11.5. The molecular formula is C12H19BrN2O2. The van der Waals surface area contributed by atoms with Crippen LogP contribution in [0.3, 0.4) is 0 Å². The van der Waals surface area contributed by atoms with E-state index in [0.717, 1.165) is 44.1 Å². The number of hydrogen-bond donors (Lipinski definition) is 1. The Morgan fingerprint density at radius 3 is 2.35 bits per heavy atom. The zero-order valence-electron chi connectivity index (χ0n) is 9.95. The number of nitrogens with zero attached hydrogens (tertiary/aromatic N) is 1. The summed E-state index contributed by atoms with van der Waals surface area (Å²) in [6.45, 7) is 1.56. The van der Waals surface area contributed by atoms with Gasteiger partial charge in [0, 0.05) is 36.8 Å². The monoisotopic (exact) mass is 302 g/mol. The molecule has 0 spiro atoms. The summed E-state index contributed by atoms with van der Waals surface area (Å²) < 4.78 is 0. The summed E-state index contributed by atoms with van der Waals surface area (Å²) in [4.78, 5) is 25.2. The summed E-state index contributed by atoms with van der Waals surface area (Å²) >= 11 is 3.28. The molecule has 0 aromatic carbocycles. The highest BCUT2D eigenvalue weighted by Crippen LogP contribution is 2.29. The molecule has 96 valence electrons. The van der Waals surface area contributed by atoms with Crippen LogP contribution in [-0.4, -0.2) is 41.2 Å². The number of piperidine rings is 1. The third-order valence-electron chi connectivity index (χ3n) is 3.45. The molecule has 2 fully saturated rings. The van der Waals surface area contributed by atoms with Gasteiger partial charge in [-0.3, -0.25) is 9.59 Å². The quantitative estimate of drug-likeness (QED) is 0.796. The molecule has 2 aliphatic rings. The first-order valence-electron chi connectivity index (χ1n) is 6.35. The summed E-state index contributed by atoms with van der Waals surface area (Å²) in [5.41, 5.74) is 0. The molecule has 0 aromatic rings. The van der Waals surface area contributed by atoms with Crippen LogP contribution in [0.5, 0.6) is 0 Å². The third-order valence-corrected chi connectivity index (χ3v) is 3.85. The number of halogens is 1. The van der Waals surface area contributed by atoms with Crippen LogP contribution in [0, 0.1) is 5.92 Å². The van der Waals surface area contributed by atoms with Gasteiger partial charge >= 0.3 is 0 Å². The smallest absolute Gasteiger partial charge is 0.223 e. The molecule has 1 aliphatic heterocycles. The molecule has 1 N–H and O–H groups in total. The van der Waals surface area contributed by atoms with Gasteiger partial charge in [0.25, 0.3) is 0 Å². The molecule has 4 nitrogen and oxygen atoms in total. The van der Waals surface area contributed by atoms with Crippen molar-refractivity contribution in [1.29, 1.82) is 0 Å². The van der Waals surface area contributed by atoms with Crippen LogP contribution in [-0.2, 0) is 9.59 Å². The first-order chi connectivity index (χ1) is 8.20. The van der Waals surface area contributed by atoms with Crippen molar-refractivity contribution < 1.29 is 9.59 Å². The summed E-state index contributed by atoms with van der Waals surface area (Å²) in [5, 5.41) is 3.81. The average molecular weight is 303 g/mol. The standard InChI is InChI=1S/C12H19BrN2O2/c13-6-3-11(16)15-7-4-10(5-8-15)14-12(17)9-1-2-9/h9-10H,1-8H2,(H,14,17). The molecule has 0 atom stereocenters. The summed E-state index contributed by atoms with van der Waals surface area (Å²) in [7, 11) is 0. The van der Waals surface area contributed by atoms with Crippen LogP contribution in [0.4, 0.5) is 0 Å². The number of hydrogen-bond acceptors (Lipinski definition) is 2. The van der Waals surface area contributed by atoms with E-state index in [1.165, 1.54) is 0 Å². The maximum absolute atomic E-state index is 11.7. The minimum Gasteiger partial charge on any atom is -0.353 e. The topological polar surface area (TPSA) is 49.4 Å². The first kappa shape index (κ1) is 12.9. The maximum atomic E-state index is 11.7. The Labute approximate surface area is 110 Å². The van der Waals surface area contributed by atoms with E-state index >= 15 is 0 Å². The Balaban J connectivity index is 1.70. The van der Waals surface area contributed by atoms with Crippen molar-refractivity contribution in [2.75, 3.05) is 18.4 Å². The molecular weight excluding hydrogens is 284 g/mol. The number of carbonyl (C=O) groups excluding carboxylic acids is 2. The van der Waals surface area contributed by atoms with Crippen molar-refractivity contribution in [1.82, 2.24) is 10.2 Å². The van der Waals surface area contributed by atoms with E-state index in [9.17, 15) is 9.59 Å².